The highest BCUT2D eigenvalue weighted by Gasteiger charge is 2.44. The summed E-state index contributed by atoms with van der Waals surface area (Å²) < 4.78 is 0. The molecule has 1 aromatic carbocycles. The molecule has 1 aliphatic carbocycles. The minimum Gasteiger partial charge on any atom is -0.347 e. The number of fused-ring (bicyclic) bond motifs is 2. The molecule has 6 heteroatoms. The molecular weight excluding hydrogens is 350 g/mol. The molecule has 28 heavy (non-hydrogen) atoms. The van der Waals surface area contributed by atoms with Crippen molar-refractivity contribution in [1.29, 1.82) is 0 Å². The van der Waals surface area contributed by atoms with Gasteiger partial charge in [-0.1, -0.05) is 30.3 Å². The maximum Gasteiger partial charge on any atom is 0.317 e. The summed E-state index contributed by atoms with van der Waals surface area (Å²) in [5.41, 5.74) is 3.64. The summed E-state index contributed by atoms with van der Waals surface area (Å²) in [5.74, 6) is 0.754. The number of carbonyl (C=O) groups is 1. The Bertz CT molecular complexity index is 834. The Morgan fingerprint density at radius 3 is 2.86 bits per heavy atom. The lowest BCUT2D eigenvalue weighted by Crippen LogP contribution is -2.51. The van der Waals surface area contributed by atoms with Crippen LogP contribution in [0, 0.1) is 0 Å². The number of rotatable bonds is 4. The number of nitrogens with one attached hydrogen (secondary N) is 1. The van der Waals surface area contributed by atoms with Gasteiger partial charge in [0.05, 0.1) is 5.69 Å². The third-order valence-corrected chi connectivity index (χ3v) is 6.02. The SMILES string of the molecule is CN(C)c1ncc2c(n1)C1(CCCN(C(=O)NCCc3ccccc3)C1)CC2. The first-order valence-electron chi connectivity index (χ1n) is 10.2. The number of aryl methyl sites for hydroxylation is 1. The third-order valence-electron chi connectivity index (χ3n) is 6.02. The number of hydrogen-bond acceptors (Lipinski definition) is 4. The van der Waals surface area contributed by atoms with E-state index < -0.39 is 0 Å². The Labute approximate surface area is 167 Å². The van der Waals surface area contributed by atoms with Crippen molar-refractivity contribution in [2.24, 2.45) is 0 Å². The molecule has 2 aromatic rings. The van der Waals surface area contributed by atoms with E-state index in [0.717, 1.165) is 56.8 Å². The first-order valence-corrected chi connectivity index (χ1v) is 10.2. The lowest BCUT2D eigenvalue weighted by Gasteiger charge is -2.40. The van der Waals surface area contributed by atoms with E-state index in [1.165, 1.54) is 11.1 Å². The molecule has 4 rings (SSSR count). The summed E-state index contributed by atoms with van der Waals surface area (Å²) in [5, 5.41) is 3.11. The van der Waals surface area contributed by atoms with Gasteiger partial charge >= 0.3 is 6.03 Å². The average Bonchev–Trinajstić information content (AvgIpc) is 3.06. The predicted octanol–water partition coefficient (Wildman–Crippen LogP) is 2.77. The maximum atomic E-state index is 12.8. The molecule has 6 nitrogen and oxygen atoms in total. The number of benzene rings is 1. The summed E-state index contributed by atoms with van der Waals surface area (Å²) in [6, 6.07) is 10.3. The third kappa shape index (κ3) is 3.68. The first kappa shape index (κ1) is 18.7. The van der Waals surface area contributed by atoms with Crippen molar-refractivity contribution in [3.05, 3.63) is 53.3 Å². The Morgan fingerprint density at radius 1 is 1.25 bits per heavy atom. The van der Waals surface area contributed by atoms with E-state index in [-0.39, 0.29) is 11.4 Å². The quantitative estimate of drug-likeness (QED) is 0.887. The van der Waals surface area contributed by atoms with Gasteiger partial charge in [0.1, 0.15) is 0 Å². The van der Waals surface area contributed by atoms with Crippen LogP contribution in [0.5, 0.6) is 0 Å². The van der Waals surface area contributed by atoms with Crippen LogP contribution < -0.4 is 10.2 Å². The van der Waals surface area contributed by atoms with E-state index in [1.54, 1.807) is 0 Å². The highest BCUT2D eigenvalue weighted by Crippen LogP contribution is 2.44. The summed E-state index contributed by atoms with van der Waals surface area (Å²) in [7, 11) is 3.94. The van der Waals surface area contributed by atoms with Crippen molar-refractivity contribution in [3.63, 3.8) is 0 Å². The zero-order valence-corrected chi connectivity index (χ0v) is 16.8. The van der Waals surface area contributed by atoms with Crippen molar-refractivity contribution in [1.82, 2.24) is 20.2 Å². The number of urea groups is 1. The molecule has 1 N–H and O–H groups in total. The molecule has 1 atom stereocenters. The number of carbonyl (C=O) groups excluding carboxylic acids is 1. The largest absolute Gasteiger partial charge is 0.347 e. The second-order valence-electron chi connectivity index (χ2n) is 8.21. The van der Waals surface area contributed by atoms with Gasteiger partial charge in [-0.3, -0.25) is 0 Å². The van der Waals surface area contributed by atoms with E-state index in [2.05, 4.69) is 22.4 Å². The lowest BCUT2D eigenvalue weighted by molar-refractivity contribution is 0.147. The van der Waals surface area contributed by atoms with Gasteiger partial charge in [-0.05, 0) is 43.2 Å². The highest BCUT2D eigenvalue weighted by molar-refractivity contribution is 5.74. The van der Waals surface area contributed by atoms with Crippen LogP contribution in [0.2, 0.25) is 0 Å². The van der Waals surface area contributed by atoms with Crippen LogP contribution in [0.1, 0.15) is 36.1 Å². The molecular formula is C22H29N5O. The maximum absolute atomic E-state index is 12.8. The van der Waals surface area contributed by atoms with Gasteiger partial charge in [-0.25, -0.2) is 14.8 Å². The van der Waals surface area contributed by atoms with E-state index in [0.29, 0.717) is 6.54 Å². The lowest BCUT2D eigenvalue weighted by atomic mass is 9.77. The van der Waals surface area contributed by atoms with Gasteiger partial charge in [0.15, 0.2) is 0 Å². The van der Waals surface area contributed by atoms with Crippen molar-refractivity contribution in [2.75, 3.05) is 38.6 Å². The molecule has 1 saturated heterocycles. The van der Waals surface area contributed by atoms with Gasteiger partial charge in [0.25, 0.3) is 0 Å². The molecule has 0 saturated carbocycles. The fourth-order valence-corrected chi connectivity index (χ4v) is 4.52. The van der Waals surface area contributed by atoms with Gasteiger partial charge < -0.3 is 15.1 Å². The molecule has 1 spiro atoms. The second kappa shape index (κ2) is 7.78. The van der Waals surface area contributed by atoms with Crippen LogP contribution in [0.15, 0.2) is 36.5 Å². The average molecular weight is 380 g/mol. The smallest absolute Gasteiger partial charge is 0.317 e. The van der Waals surface area contributed by atoms with E-state index in [9.17, 15) is 4.79 Å². The molecule has 1 aromatic heterocycles. The standard InChI is InChI=1S/C22H29N5O/c1-26(2)20-24-15-18-9-12-22(19(18)25-20)11-6-14-27(16-22)21(28)23-13-10-17-7-4-3-5-8-17/h3-5,7-8,15H,6,9-14,16H2,1-2H3,(H,23,28). The topological polar surface area (TPSA) is 61.4 Å². The summed E-state index contributed by atoms with van der Waals surface area (Å²) in [6.07, 6.45) is 7.01. The Kier molecular flexibility index (Phi) is 5.20. The Balaban J connectivity index is 1.42. The predicted molar refractivity (Wildman–Crippen MR) is 111 cm³/mol. The van der Waals surface area contributed by atoms with Gasteiger partial charge in [0.2, 0.25) is 5.95 Å². The fourth-order valence-electron chi connectivity index (χ4n) is 4.52. The molecule has 0 radical (unpaired) electrons. The van der Waals surface area contributed by atoms with Crippen LogP contribution in [-0.2, 0) is 18.3 Å². The minimum atomic E-state index is -0.0158. The fraction of sp³-hybridized carbons (Fsp3) is 0.500. The van der Waals surface area contributed by atoms with Crippen molar-refractivity contribution in [3.8, 4) is 0 Å². The zero-order chi connectivity index (χ0) is 19.6. The molecule has 1 aliphatic heterocycles. The number of amides is 2. The molecule has 1 unspecified atom stereocenters. The van der Waals surface area contributed by atoms with Crippen LogP contribution in [0.3, 0.4) is 0 Å². The number of aromatic nitrogens is 2. The number of anilines is 1. The highest BCUT2D eigenvalue weighted by atomic mass is 16.2. The molecule has 0 bridgehead atoms. The van der Waals surface area contributed by atoms with Crippen LogP contribution in [-0.4, -0.2) is 54.6 Å². The van der Waals surface area contributed by atoms with E-state index >= 15 is 0 Å². The zero-order valence-electron chi connectivity index (χ0n) is 16.8. The van der Waals surface area contributed by atoms with Crippen molar-refractivity contribution >= 4 is 12.0 Å². The number of hydrogen-bond donors (Lipinski definition) is 1. The van der Waals surface area contributed by atoms with E-state index in [1.807, 2.05) is 48.3 Å². The summed E-state index contributed by atoms with van der Waals surface area (Å²) >= 11 is 0. The van der Waals surface area contributed by atoms with Crippen LogP contribution in [0.25, 0.3) is 0 Å². The second-order valence-corrected chi connectivity index (χ2v) is 8.21. The van der Waals surface area contributed by atoms with Gasteiger partial charge in [0, 0.05) is 45.3 Å². The normalized spacial score (nSPS) is 20.9. The molecule has 2 aliphatic rings. The van der Waals surface area contributed by atoms with Gasteiger partial charge in [-0.2, -0.15) is 0 Å². The minimum absolute atomic E-state index is 0.0158. The Morgan fingerprint density at radius 2 is 2.07 bits per heavy atom. The van der Waals surface area contributed by atoms with Crippen molar-refractivity contribution in [2.45, 2.75) is 37.5 Å². The number of likely N-dealkylation sites (tertiary alicyclic amines) is 1. The molecule has 2 amide bonds. The van der Waals surface area contributed by atoms with E-state index in [4.69, 9.17) is 4.98 Å². The monoisotopic (exact) mass is 379 g/mol. The molecule has 148 valence electrons. The first-order chi connectivity index (χ1) is 13.6. The van der Waals surface area contributed by atoms with Gasteiger partial charge in [-0.15, -0.1) is 0 Å². The summed E-state index contributed by atoms with van der Waals surface area (Å²) in [4.78, 5) is 26.1. The number of nitrogens with zero attached hydrogens (tertiary/aromatic N) is 4. The Hall–Kier alpha value is -2.63. The van der Waals surface area contributed by atoms with Crippen LogP contribution >= 0.6 is 0 Å². The molecule has 2 heterocycles. The summed E-state index contributed by atoms with van der Waals surface area (Å²) in [6.45, 7) is 2.23. The van der Waals surface area contributed by atoms with Crippen molar-refractivity contribution < 1.29 is 4.79 Å². The van der Waals surface area contributed by atoms with Crippen LogP contribution in [0.4, 0.5) is 10.7 Å². The molecule has 1 fully saturated rings. The number of piperidine rings is 1.